The molecule has 1 heterocycles. The molecule has 4 rings (SSSR count). The average molecular weight is 502 g/mol. The number of ketones is 1. The van der Waals surface area contributed by atoms with Crippen LogP contribution in [-0.2, 0) is 14.3 Å². The highest BCUT2D eigenvalue weighted by Gasteiger charge is 2.68. The number of nitriles is 1. The molecular weight excluding hydrogens is 462 g/mol. The number of nitrogens with zero attached hydrogens (tertiary/aromatic N) is 2. The van der Waals surface area contributed by atoms with E-state index in [1.54, 1.807) is 6.08 Å². The molecule has 2 N–H and O–H groups in total. The van der Waals surface area contributed by atoms with Crippen molar-refractivity contribution in [1.29, 1.82) is 5.26 Å². The summed E-state index contributed by atoms with van der Waals surface area (Å²) in [6.07, 6.45) is 1.23. The number of carbonyl (C=O) groups excluding carboxylic acids is 3. The largest absolute Gasteiger partial charge is 0.445 e. The van der Waals surface area contributed by atoms with Crippen molar-refractivity contribution in [2.45, 2.75) is 78.1 Å². The maximum Gasteiger partial charge on any atom is 0.416 e. The molecule has 8 atom stereocenters. The van der Waals surface area contributed by atoms with Crippen LogP contribution in [-0.4, -0.2) is 65.9 Å². The molecule has 9 heteroatoms. The van der Waals surface area contributed by atoms with Crippen molar-refractivity contribution in [2.24, 2.45) is 34.0 Å². The van der Waals surface area contributed by atoms with Crippen LogP contribution in [0.2, 0.25) is 0 Å². The van der Waals surface area contributed by atoms with Gasteiger partial charge in [-0.15, -0.1) is 6.58 Å². The first kappa shape index (κ1) is 26.6. The first-order valence-electron chi connectivity index (χ1n) is 13.0. The molecule has 1 aliphatic heterocycles. The maximum atomic E-state index is 13.4. The highest BCUT2D eigenvalue weighted by Crippen LogP contribution is 2.67. The fourth-order valence-corrected chi connectivity index (χ4v) is 7.75. The predicted octanol–water partition coefficient (Wildman–Crippen LogP) is 3.42. The molecule has 0 aromatic carbocycles. The Morgan fingerprint density at radius 3 is 2.56 bits per heavy atom. The van der Waals surface area contributed by atoms with Gasteiger partial charge in [-0.2, -0.15) is 5.26 Å². The molecule has 3 saturated carbocycles. The van der Waals surface area contributed by atoms with E-state index in [1.165, 1.54) is 0 Å². The molecule has 0 aromatic heterocycles. The lowest BCUT2D eigenvalue weighted by atomic mass is 9.44. The van der Waals surface area contributed by atoms with Gasteiger partial charge in [0.25, 0.3) is 0 Å². The van der Waals surface area contributed by atoms with Gasteiger partial charge in [-0.05, 0) is 42.9 Å². The van der Waals surface area contributed by atoms with Crippen molar-refractivity contribution in [3.63, 3.8) is 0 Å². The summed E-state index contributed by atoms with van der Waals surface area (Å²) in [7, 11) is 0. The van der Waals surface area contributed by atoms with E-state index in [0.29, 0.717) is 19.5 Å². The molecule has 3 aliphatic carbocycles. The molecule has 198 valence electrons. The SMILES string of the molecule is C=C[C@]1(C)C[C@@H](OC(=O)NC(=O)OC2CN(CC#N)C2)[C@]2(C)C(C)CC[C@]3(CCC(=O)[C@H]32)[C@@H](C)[C@@H]1O. The zero-order valence-corrected chi connectivity index (χ0v) is 21.8. The lowest BCUT2D eigenvalue weighted by Gasteiger charge is -2.61. The van der Waals surface area contributed by atoms with Crippen LogP contribution in [0.25, 0.3) is 0 Å². The van der Waals surface area contributed by atoms with Crippen molar-refractivity contribution in [3.8, 4) is 6.07 Å². The fourth-order valence-electron chi connectivity index (χ4n) is 7.75. The standard InChI is InChI=1S/C27H39N3O6/c1-6-25(4)13-20(36-24(34)29-23(33)35-18-14-30(15-18)12-11-28)26(5)16(2)7-9-27(17(3)22(25)32)10-8-19(31)21(26)27/h6,16-18,20-22,32H,1,7-10,12-15H2,2-5H3,(H,29,33,34)/t16?,17-,20+,21-,22-,25+,26-,27-/m0/s1. The minimum atomic E-state index is -0.928. The van der Waals surface area contributed by atoms with Gasteiger partial charge in [0.1, 0.15) is 18.0 Å². The number of Topliss-reactive ketones (excluding diaryl/α,β-unsaturated/α-hetero) is 1. The maximum absolute atomic E-state index is 13.4. The van der Waals surface area contributed by atoms with Gasteiger partial charge in [0.2, 0.25) is 0 Å². The van der Waals surface area contributed by atoms with Gasteiger partial charge in [0, 0.05) is 36.3 Å². The number of ether oxygens (including phenoxy) is 2. The van der Waals surface area contributed by atoms with Gasteiger partial charge in [-0.1, -0.05) is 33.8 Å². The molecule has 2 amide bonds. The Hall–Kier alpha value is -2.44. The van der Waals surface area contributed by atoms with Crippen LogP contribution in [0, 0.1) is 45.3 Å². The fraction of sp³-hybridized carbons (Fsp3) is 0.778. The Bertz CT molecular complexity index is 973. The average Bonchev–Trinajstić information content (AvgIpc) is 3.16. The number of aliphatic hydroxyl groups is 1. The number of carbonyl (C=O) groups is 3. The quantitative estimate of drug-likeness (QED) is 0.443. The number of nitrogens with one attached hydrogen (secondary N) is 1. The monoisotopic (exact) mass is 501 g/mol. The lowest BCUT2D eigenvalue weighted by Crippen LogP contribution is -2.63. The molecular formula is C27H39N3O6. The number of alkyl carbamates (subject to hydrolysis) is 2. The van der Waals surface area contributed by atoms with Gasteiger partial charge in [0.15, 0.2) is 0 Å². The van der Waals surface area contributed by atoms with E-state index in [9.17, 15) is 19.5 Å². The molecule has 2 bridgehead atoms. The third-order valence-corrected chi connectivity index (χ3v) is 10.2. The van der Waals surface area contributed by atoms with Crippen molar-refractivity contribution in [3.05, 3.63) is 12.7 Å². The van der Waals surface area contributed by atoms with Crippen LogP contribution in [0.5, 0.6) is 0 Å². The van der Waals surface area contributed by atoms with E-state index in [0.717, 1.165) is 19.3 Å². The number of rotatable bonds is 4. The Morgan fingerprint density at radius 1 is 1.25 bits per heavy atom. The van der Waals surface area contributed by atoms with E-state index in [4.69, 9.17) is 14.7 Å². The van der Waals surface area contributed by atoms with Gasteiger partial charge >= 0.3 is 12.2 Å². The topological polar surface area (TPSA) is 129 Å². The molecule has 0 aromatic rings. The molecule has 0 radical (unpaired) electrons. The minimum Gasteiger partial charge on any atom is -0.445 e. The second-order valence-corrected chi connectivity index (χ2v) is 12.0. The van der Waals surface area contributed by atoms with E-state index in [-0.39, 0.29) is 48.0 Å². The summed E-state index contributed by atoms with van der Waals surface area (Å²) in [5, 5.41) is 22.4. The first-order valence-corrected chi connectivity index (χ1v) is 13.0. The smallest absolute Gasteiger partial charge is 0.416 e. The molecule has 0 spiro atoms. The van der Waals surface area contributed by atoms with E-state index in [1.807, 2.05) is 24.8 Å². The van der Waals surface area contributed by atoms with Gasteiger partial charge < -0.3 is 14.6 Å². The molecule has 36 heavy (non-hydrogen) atoms. The Kier molecular flexibility index (Phi) is 6.99. The minimum absolute atomic E-state index is 0.0972. The van der Waals surface area contributed by atoms with Crippen LogP contribution in [0.3, 0.4) is 0 Å². The molecule has 9 nitrogen and oxygen atoms in total. The van der Waals surface area contributed by atoms with Crippen molar-refractivity contribution in [1.82, 2.24) is 10.2 Å². The number of hydrogen-bond donors (Lipinski definition) is 2. The van der Waals surface area contributed by atoms with Crippen LogP contribution in [0.4, 0.5) is 9.59 Å². The second-order valence-electron chi connectivity index (χ2n) is 12.0. The zero-order chi connectivity index (χ0) is 26.5. The summed E-state index contributed by atoms with van der Waals surface area (Å²) in [6, 6.07) is 2.04. The summed E-state index contributed by atoms with van der Waals surface area (Å²) in [6.45, 7) is 13.3. The highest BCUT2D eigenvalue weighted by molar-refractivity contribution is 5.88. The number of aliphatic hydroxyl groups excluding tert-OH is 1. The number of hydrogen-bond acceptors (Lipinski definition) is 8. The van der Waals surface area contributed by atoms with E-state index < -0.39 is 35.2 Å². The normalized spacial score (nSPS) is 42.7. The Morgan fingerprint density at radius 2 is 1.92 bits per heavy atom. The first-order chi connectivity index (χ1) is 16.9. The van der Waals surface area contributed by atoms with Crippen molar-refractivity contribution < 1.29 is 29.0 Å². The third kappa shape index (κ3) is 4.12. The molecule has 1 unspecified atom stereocenters. The number of likely N-dealkylation sites (tertiary alicyclic amines) is 1. The zero-order valence-electron chi connectivity index (χ0n) is 21.8. The van der Waals surface area contributed by atoms with Gasteiger partial charge in [-0.25, -0.2) is 14.9 Å². The van der Waals surface area contributed by atoms with Gasteiger partial charge in [-0.3, -0.25) is 9.69 Å². The second kappa shape index (κ2) is 9.46. The Labute approximate surface area is 213 Å². The van der Waals surface area contributed by atoms with E-state index >= 15 is 0 Å². The number of amides is 2. The summed E-state index contributed by atoms with van der Waals surface area (Å²) in [5.41, 5.74) is -1.76. The lowest BCUT2D eigenvalue weighted by molar-refractivity contribution is -0.191. The summed E-state index contributed by atoms with van der Waals surface area (Å²) in [5.74, 6) is -0.180. The summed E-state index contributed by atoms with van der Waals surface area (Å²) in [4.78, 5) is 40.5. The van der Waals surface area contributed by atoms with Crippen LogP contribution in [0.15, 0.2) is 12.7 Å². The Balaban J connectivity index is 1.57. The molecule has 4 aliphatic rings. The van der Waals surface area contributed by atoms with E-state index in [2.05, 4.69) is 25.7 Å². The molecule has 1 saturated heterocycles. The summed E-state index contributed by atoms with van der Waals surface area (Å²) < 4.78 is 11.2. The number of imide groups is 1. The molecule has 4 fully saturated rings. The van der Waals surface area contributed by atoms with Gasteiger partial charge in [0.05, 0.1) is 18.7 Å². The van der Waals surface area contributed by atoms with Crippen molar-refractivity contribution >= 4 is 18.0 Å². The highest BCUT2D eigenvalue weighted by atomic mass is 16.6. The van der Waals surface area contributed by atoms with Crippen LogP contribution >= 0.6 is 0 Å². The van der Waals surface area contributed by atoms with Crippen LogP contribution < -0.4 is 5.32 Å². The van der Waals surface area contributed by atoms with Crippen LogP contribution in [0.1, 0.15) is 59.8 Å². The van der Waals surface area contributed by atoms with Crippen molar-refractivity contribution in [2.75, 3.05) is 19.6 Å². The summed E-state index contributed by atoms with van der Waals surface area (Å²) >= 11 is 0. The predicted molar refractivity (Wildman–Crippen MR) is 130 cm³/mol. The third-order valence-electron chi connectivity index (χ3n) is 10.2.